The summed E-state index contributed by atoms with van der Waals surface area (Å²) in [5.74, 6) is -1.00. The molecule has 1 fully saturated rings. The third-order valence-electron chi connectivity index (χ3n) is 6.19. The summed E-state index contributed by atoms with van der Waals surface area (Å²) < 4.78 is 2.11. The van der Waals surface area contributed by atoms with Gasteiger partial charge in [-0.3, -0.25) is 19.8 Å². The smallest absolute Gasteiger partial charge is 0.270 e. The first-order valence-electron chi connectivity index (χ1n) is 11.4. The van der Waals surface area contributed by atoms with Crippen LogP contribution in [0.1, 0.15) is 17.0 Å². The molecule has 2 heterocycles. The van der Waals surface area contributed by atoms with Gasteiger partial charge in [0.15, 0.2) is 5.11 Å². The maximum absolute atomic E-state index is 13.4. The van der Waals surface area contributed by atoms with Crippen molar-refractivity contribution in [3.05, 3.63) is 112 Å². The maximum Gasteiger partial charge on any atom is 0.270 e. The number of halogens is 1. The monoisotopic (exact) mass is 511 g/mol. The highest BCUT2D eigenvalue weighted by molar-refractivity contribution is 7.80. The predicted octanol–water partition coefficient (Wildman–Crippen LogP) is 6.25. The largest absolute Gasteiger partial charge is 0.318 e. The lowest BCUT2D eigenvalue weighted by atomic mass is 10.1. The van der Waals surface area contributed by atoms with E-state index in [2.05, 4.69) is 46.3 Å². The molecule has 178 valence electrons. The van der Waals surface area contributed by atoms with Crippen LogP contribution in [0.2, 0.25) is 5.02 Å². The van der Waals surface area contributed by atoms with Crippen molar-refractivity contribution in [3.8, 4) is 16.8 Å². The predicted molar refractivity (Wildman–Crippen MR) is 148 cm³/mol. The van der Waals surface area contributed by atoms with Crippen LogP contribution in [0.5, 0.6) is 0 Å². The molecule has 1 aromatic heterocycles. The molecule has 0 saturated carbocycles. The molecule has 7 heteroatoms. The molecule has 1 saturated heterocycles. The van der Waals surface area contributed by atoms with E-state index in [4.69, 9.17) is 23.8 Å². The highest BCUT2D eigenvalue weighted by Gasteiger charge is 2.34. The van der Waals surface area contributed by atoms with Gasteiger partial charge in [-0.1, -0.05) is 54.1 Å². The Labute approximate surface area is 219 Å². The quantitative estimate of drug-likeness (QED) is 0.200. The number of hydrogen-bond donors (Lipinski definition) is 1. The van der Waals surface area contributed by atoms with Gasteiger partial charge in [-0.25, -0.2) is 0 Å². The van der Waals surface area contributed by atoms with Crippen LogP contribution in [0.25, 0.3) is 22.9 Å². The average Bonchev–Trinajstić information content (AvgIpc) is 3.16. The topological polar surface area (TPSA) is 54.3 Å². The summed E-state index contributed by atoms with van der Waals surface area (Å²) in [6.45, 7) is 3.97. The molecule has 1 aliphatic heterocycles. The third-order valence-corrected chi connectivity index (χ3v) is 6.73. The number of hydrogen-bond acceptors (Lipinski definition) is 3. The number of aromatic nitrogens is 1. The summed E-state index contributed by atoms with van der Waals surface area (Å²) in [6.07, 6.45) is 1.62. The van der Waals surface area contributed by atoms with Gasteiger partial charge in [-0.2, -0.15) is 0 Å². The maximum atomic E-state index is 13.4. The van der Waals surface area contributed by atoms with Crippen molar-refractivity contribution in [1.29, 1.82) is 0 Å². The fourth-order valence-electron chi connectivity index (χ4n) is 4.40. The van der Waals surface area contributed by atoms with Crippen molar-refractivity contribution in [1.82, 2.24) is 9.88 Å². The lowest BCUT2D eigenvalue weighted by Crippen LogP contribution is -2.54. The first kappa shape index (κ1) is 23.7. The molecule has 0 unspecified atom stereocenters. The average molecular weight is 512 g/mol. The summed E-state index contributed by atoms with van der Waals surface area (Å²) in [4.78, 5) is 27.4. The highest BCUT2D eigenvalue weighted by atomic mass is 35.5. The van der Waals surface area contributed by atoms with Gasteiger partial charge in [0.1, 0.15) is 5.57 Å². The van der Waals surface area contributed by atoms with Crippen LogP contribution < -0.4 is 10.2 Å². The molecule has 3 aromatic carbocycles. The van der Waals surface area contributed by atoms with Crippen molar-refractivity contribution >= 4 is 52.5 Å². The van der Waals surface area contributed by atoms with Crippen molar-refractivity contribution < 1.29 is 9.59 Å². The second-order valence-electron chi connectivity index (χ2n) is 8.51. The first-order chi connectivity index (χ1) is 17.3. The molecule has 0 radical (unpaired) electrons. The van der Waals surface area contributed by atoms with Crippen LogP contribution in [0, 0.1) is 13.8 Å². The molecule has 5 nitrogen and oxygen atoms in total. The Kier molecular flexibility index (Phi) is 6.31. The van der Waals surface area contributed by atoms with E-state index in [1.54, 1.807) is 30.3 Å². The Balaban J connectivity index is 1.49. The van der Waals surface area contributed by atoms with E-state index in [0.29, 0.717) is 10.7 Å². The van der Waals surface area contributed by atoms with Gasteiger partial charge >= 0.3 is 0 Å². The Morgan fingerprint density at radius 3 is 2.11 bits per heavy atom. The lowest BCUT2D eigenvalue weighted by Gasteiger charge is -2.28. The van der Waals surface area contributed by atoms with Gasteiger partial charge in [-0.15, -0.1) is 0 Å². The van der Waals surface area contributed by atoms with E-state index in [-0.39, 0.29) is 10.7 Å². The molecule has 0 spiro atoms. The van der Waals surface area contributed by atoms with Crippen LogP contribution >= 0.6 is 23.8 Å². The molecule has 36 heavy (non-hydrogen) atoms. The summed E-state index contributed by atoms with van der Waals surface area (Å²) in [5, 5.41) is 3.20. The number of nitrogens with zero attached hydrogens (tertiary/aromatic N) is 2. The molecular weight excluding hydrogens is 490 g/mol. The van der Waals surface area contributed by atoms with Gasteiger partial charge in [0.25, 0.3) is 11.8 Å². The van der Waals surface area contributed by atoms with E-state index in [1.807, 2.05) is 38.1 Å². The van der Waals surface area contributed by atoms with E-state index >= 15 is 0 Å². The second kappa shape index (κ2) is 9.57. The van der Waals surface area contributed by atoms with Crippen LogP contribution in [0.4, 0.5) is 5.69 Å². The van der Waals surface area contributed by atoms with Crippen LogP contribution in [-0.4, -0.2) is 21.5 Å². The van der Waals surface area contributed by atoms with E-state index in [1.165, 1.54) is 4.90 Å². The summed E-state index contributed by atoms with van der Waals surface area (Å²) in [7, 11) is 0. The molecule has 4 aromatic rings. The normalized spacial score (nSPS) is 14.9. The van der Waals surface area contributed by atoms with Gasteiger partial charge in [0, 0.05) is 22.1 Å². The minimum Gasteiger partial charge on any atom is -0.318 e. The Morgan fingerprint density at radius 2 is 1.44 bits per heavy atom. The van der Waals surface area contributed by atoms with Gasteiger partial charge in [0.2, 0.25) is 0 Å². The Morgan fingerprint density at radius 1 is 0.833 bits per heavy atom. The fraction of sp³-hybridized carbons (Fsp3) is 0.0690. The molecule has 1 aliphatic rings. The van der Waals surface area contributed by atoms with E-state index < -0.39 is 11.8 Å². The zero-order valence-electron chi connectivity index (χ0n) is 19.7. The number of rotatable bonds is 4. The third kappa shape index (κ3) is 4.37. The number of aryl methyl sites for hydroxylation is 1. The number of carbonyl (C=O) groups is 2. The minimum absolute atomic E-state index is 0.0122. The number of anilines is 1. The molecule has 0 atom stereocenters. The van der Waals surface area contributed by atoms with Crippen molar-refractivity contribution in [2.75, 3.05) is 4.90 Å². The zero-order valence-corrected chi connectivity index (χ0v) is 21.2. The first-order valence-corrected chi connectivity index (χ1v) is 12.1. The Hall–Kier alpha value is -4.00. The van der Waals surface area contributed by atoms with Crippen molar-refractivity contribution in [2.24, 2.45) is 0 Å². The van der Waals surface area contributed by atoms with Gasteiger partial charge in [0.05, 0.1) is 5.69 Å². The standard InChI is InChI=1S/C29H22ClN3O2S/c1-18-16-22(19(2)32(18)24-12-8-21(9-13-24)20-6-4-3-5-7-20)17-26-27(34)31-29(36)33(28(26)35)25-14-10-23(30)11-15-25/h3-17H,1-2H3,(H,31,34,36)/b26-17+. The van der Waals surface area contributed by atoms with Crippen molar-refractivity contribution in [2.45, 2.75) is 13.8 Å². The molecule has 0 bridgehead atoms. The lowest BCUT2D eigenvalue weighted by molar-refractivity contribution is -0.122. The molecule has 5 rings (SSSR count). The number of thiocarbonyl (C=S) groups is 1. The van der Waals surface area contributed by atoms with E-state index in [9.17, 15) is 9.59 Å². The Bertz CT molecular complexity index is 1520. The van der Waals surface area contributed by atoms with E-state index in [0.717, 1.165) is 33.8 Å². The zero-order chi connectivity index (χ0) is 25.4. The number of nitrogens with one attached hydrogen (secondary N) is 1. The number of benzene rings is 3. The number of carbonyl (C=O) groups excluding carboxylic acids is 2. The van der Waals surface area contributed by atoms with Crippen LogP contribution in [0.3, 0.4) is 0 Å². The number of amides is 2. The molecule has 2 amide bonds. The van der Waals surface area contributed by atoms with Crippen LogP contribution in [0.15, 0.2) is 90.5 Å². The fourth-order valence-corrected chi connectivity index (χ4v) is 4.81. The minimum atomic E-state index is -0.521. The molecule has 0 aliphatic carbocycles. The van der Waals surface area contributed by atoms with Gasteiger partial charge in [-0.05, 0) is 91.3 Å². The highest BCUT2D eigenvalue weighted by Crippen LogP contribution is 2.28. The van der Waals surface area contributed by atoms with Crippen LogP contribution in [-0.2, 0) is 9.59 Å². The molecule has 1 N–H and O–H groups in total. The summed E-state index contributed by atoms with van der Waals surface area (Å²) >= 11 is 11.3. The second-order valence-corrected chi connectivity index (χ2v) is 9.33. The summed E-state index contributed by atoms with van der Waals surface area (Å²) in [6, 6.07) is 27.2. The van der Waals surface area contributed by atoms with Gasteiger partial charge < -0.3 is 4.57 Å². The molecular formula is C29H22ClN3O2S. The van der Waals surface area contributed by atoms with Crippen molar-refractivity contribution in [3.63, 3.8) is 0 Å². The summed E-state index contributed by atoms with van der Waals surface area (Å²) in [5.41, 5.74) is 6.51. The SMILES string of the molecule is Cc1cc(/C=C2\C(=O)NC(=S)N(c3ccc(Cl)cc3)C2=O)c(C)n1-c1ccc(-c2ccccc2)cc1.